The summed E-state index contributed by atoms with van der Waals surface area (Å²) in [6.07, 6.45) is 1.73. The molecule has 0 aliphatic rings. The van der Waals surface area contributed by atoms with Crippen LogP contribution in [-0.2, 0) is 4.79 Å². The number of rotatable bonds is 7. The molecule has 1 amide bonds. The molecule has 6 nitrogen and oxygen atoms in total. The van der Waals surface area contributed by atoms with Gasteiger partial charge in [0.15, 0.2) is 11.5 Å². The number of esters is 1. The first-order chi connectivity index (χ1) is 15.1. The van der Waals surface area contributed by atoms with E-state index in [1.54, 1.807) is 54.6 Å². The number of nitriles is 1. The van der Waals surface area contributed by atoms with Crippen molar-refractivity contribution in [1.82, 2.24) is 5.32 Å². The highest BCUT2D eigenvalue weighted by molar-refractivity contribution is 5.96. The van der Waals surface area contributed by atoms with Crippen LogP contribution in [0.15, 0.2) is 78.9 Å². The van der Waals surface area contributed by atoms with Crippen molar-refractivity contribution in [2.24, 2.45) is 0 Å². The normalized spacial score (nSPS) is 10.6. The predicted molar refractivity (Wildman–Crippen MR) is 117 cm³/mol. The molecule has 0 spiro atoms. The monoisotopic (exact) mass is 412 g/mol. The Hall–Kier alpha value is -4.37. The summed E-state index contributed by atoms with van der Waals surface area (Å²) in [5, 5.41) is 12.0. The average Bonchev–Trinajstić information content (AvgIpc) is 2.82. The van der Waals surface area contributed by atoms with Gasteiger partial charge in [0.25, 0.3) is 5.91 Å². The Morgan fingerprint density at radius 2 is 1.58 bits per heavy atom. The third kappa shape index (κ3) is 5.81. The Morgan fingerprint density at radius 1 is 0.935 bits per heavy atom. The summed E-state index contributed by atoms with van der Waals surface area (Å²) in [5.41, 5.74) is 2.47. The lowest BCUT2D eigenvalue weighted by molar-refractivity contribution is -0.133. The number of hydrogen-bond acceptors (Lipinski definition) is 5. The Labute approximate surface area is 180 Å². The van der Waals surface area contributed by atoms with Gasteiger partial charge >= 0.3 is 5.97 Å². The molecule has 154 valence electrons. The van der Waals surface area contributed by atoms with E-state index in [2.05, 4.69) is 11.4 Å². The van der Waals surface area contributed by atoms with Gasteiger partial charge in [0.05, 0.1) is 18.8 Å². The first-order valence-corrected chi connectivity index (χ1v) is 9.50. The van der Waals surface area contributed by atoms with Crippen LogP contribution in [0.1, 0.15) is 21.5 Å². The van der Waals surface area contributed by atoms with E-state index in [4.69, 9.17) is 9.47 Å². The third-order valence-corrected chi connectivity index (χ3v) is 4.36. The number of nitrogens with one attached hydrogen (secondary N) is 1. The molecule has 0 atom stereocenters. The molecule has 0 aromatic heterocycles. The van der Waals surface area contributed by atoms with Crippen LogP contribution in [0.5, 0.6) is 11.5 Å². The van der Waals surface area contributed by atoms with Crippen molar-refractivity contribution in [3.05, 3.63) is 95.6 Å². The third-order valence-electron chi connectivity index (χ3n) is 4.36. The summed E-state index contributed by atoms with van der Waals surface area (Å²) in [7, 11) is 1.46. The number of methoxy groups -OCH3 is 1. The van der Waals surface area contributed by atoms with Crippen molar-refractivity contribution in [2.45, 2.75) is 0 Å². The molecular formula is C25H20N2O4. The Morgan fingerprint density at radius 3 is 2.19 bits per heavy atom. The van der Waals surface area contributed by atoms with Crippen LogP contribution >= 0.6 is 0 Å². The van der Waals surface area contributed by atoms with Crippen LogP contribution in [0.3, 0.4) is 0 Å². The van der Waals surface area contributed by atoms with Gasteiger partial charge in [-0.3, -0.25) is 4.79 Å². The molecule has 0 radical (unpaired) electrons. The van der Waals surface area contributed by atoms with Crippen molar-refractivity contribution in [3.8, 4) is 17.6 Å². The second-order valence-electron chi connectivity index (χ2n) is 6.47. The molecule has 0 saturated heterocycles. The van der Waals surface area contributed by atoms with E-state index in [9.17, 15) is 14.9 Å². The van der Waals surface area contributed by atoms with Crippen LogP contribution in [0, 0.1) is 11.3 Å². The van der Waals surface area contributed by atoms with E-state index >= 15 is 0 Å². The Balaban J connectivity index is 1.68. The topological polar surface area (TPSA) is 88.4 Å². The average molecular weight is 412 g/mol. The maximum atomic E-state index is 12.2. The van der Waals surface area contributed by atoms with Gasteiger partial charge in [-0.05, 0) is 41.5 Å². The number of hydrogen-bond donors (Lipinski definition) is 1. The minimum atomic E-state index is -0.632. The van der Waals surface area contributed by atoms with Crippen LogP contribution in [0.25, 0.3) is 11.6 Å². The molecule has 1 N–H and O–H groups in total. The molecule has 0 bridgehead atoms. The highest BCUT2D eigenvalue weighted by atomic mass is 16.6. The minimum Gasteiger partial charge on any atom is -0.493 e. The largest absolute Gasteiger partial charge is 0.493 e. The molecule has 0 aliphatic heterocycles. The highest BCUT2D eigenvalue weighted by Gasteiger charge is 2.13. The molecule has 0 unspecified atom stereocenters. The summed E-state index contributed by atoms with van der Waals surface area (Å²) < 4.78 is 10.7. The Kier molecular flexibility index (Phi) is 7.17. The molecule has 0 heterocycles. The number of allylic oxidation sites excluding steroid dienone is 1. The summed E-state index contributed by atoms with van der Waals surface area (Å²) in [5.74, 6) is -0.443. The van der Waals surface area contributed by atoms with Crippen LogP contribution in [0.4, 0.5) is 0 Å². The maximum absolute atomic E-state index is 12.2. The van der Waals surface area contributed by atoms with Gasteiger partial charge in [0, 0.05) is 5.56 Å². The number of carbonyl (C=O) groups is 2. The summed E-state index contributed by atoms with van der Waals surface area (Å²) >= 11 is 0. The lowest BCUT2D eigenvalue weighted by Gasteiger charge is -2.11. The zero-order valence-corrected chi connectivity index (χ0v) is 16.9. The maximum Gasteiger partial charge on any atom is 0.330 e. The number of benzene rings is 3. The molecular weight excluding hydrogens is 392 g/mol. The van der Waals surface area contributed by atoms with Crippen molar-refractivity contribution < 1.29 is 19.1 Å². The fraction of sp³-hybridized carbons (Fsp3) is 0.0800. The summed E-state index contributed by atoms with van der Waals surface area (Å²) in [6.45, 7) is -0.287. The molecule has 3 rings (SSSR count). The van der Waals surface area contributed by atoms with Gasteiger partial charge < -0.3 is 14.8 Å². The molecule has 3 aromatic carbocycles. The first-order valence-electron chi connectivity index (χ1n) is 9.50. The van der Waals surface area contributed by atoms with Gasteiger partial charge in [0.2, 0.25) is 0 Å². The van der Waals surface area contributed by atoms with E-state index in [1.165, 1.54) is 7.11 Å². The van der Waals surface area contributed by atoms with E-state index in [0.29, 0.717) is 16.9 Å². The van der Waals surface area contributed by atoms with Crippen molar-refractivity contribution in [3.63, 3.8) is 0 Å². The molecule has 0 fully saturated rings. The van der Waals surface area contributed by atoms with E-state index < -0.39 is 5.97 Å². The van der Waals surface area contributed by atoms with Crippen LogP contribution in [0.2, 0.25) is 0 Å². The van der Waals surface area contributed by atoms with Crippen LogP contribution < -0.4 is 14.8 Å². The molecule has 0 saturated carbocycles. The smallest absolute Gasteiger partial charge is 0.330 e. The van der Waals surface area contributed by atoms with Crippen molar-refractivity contribution in [2.75, 3.05) is 13.7 Å². The summed E-state index contributed by atoms with van der Waals surface area (Å²) in [6, 6.07) is 25.1. The zero-order valence-electron chi connectivity index (χ0n) is 16.9. The van der Waals surface area contributed by atoms with Crippen LogP contribution in [-0.4, -0.2) is 25.5 Å². The van der Waals surface area contributed by atoms with Gasteiger partial charge in [-0.15, -0.1) is 0 Å². The minimum absolute atomic E-state index is 0.219. The molecule has 31 heavy (non-hydrogen) atoms. The lowest BCUT2D eigenvalue weighted by atomic mass is 10.0. The van der Waals surface area contributed by atoms with Crippen molar-refractivity contribution >= 4 is 23.5 Å². The fourth-order valence-corrected chi connectivity index (χ4v) is 2.83. The van der Waals surface area contributed by atoms with Gasteiger partial charge in [-0.25, -0.2) is 4.79 Å². The quantitative estimate of drug-likeness (QED) is 0.273. The van der Waals surface area contributed by atoms with E-state index in [-0.39, 0.29) is 18.2 Å². The predicted octanol–water partition coefficient (Wildman–Crippen LogP) is 4.09. The van der Waals surface area contributed by atoms with Gasteiger partial charge in [-0.2, -0.15) is 5.26 Å². The highest BCUT2D eigenvalue weighted by Crippen LogP contribution is 2.30. The van der Waals surface area contributed by atoms with Gasteiger partial charge in [-0.1, -0.05) is 54.6 Å². The standard InChI is InChI=1S/C25H20N2O4/c1-30-23-15-18(14-21(16-26)19-8-4-2-5-9-19)12-13-22(23)31-24(28)17-27-25(29)20-10-6-3-7-11-20/h2-15H,17H2,1H3,(H,27,29)/b21-14-. The number of nitrogens with zero attached hydrogens (tertiary/aromatic N) is 1. The molecule has 0 aliphatic carbocycles. The molecule has 3 aromatic rings. The lowest BCUT2D eigenvalue weighted by Crippen LogP contribution is -2.31. The zero-order chi connectivity index (χ0) is 22.1. The molecule has 6 heteroatoms. The van der Waals surface area contributed by atoms with Crippen molar-refractivity contribution in [1.29, 1.82) is 5.26 Å². The second-order valence-corrected chi connectivity index (χ2v) is 6.47. The fourth-order valence-electron chi connectivity index (χ4n) is 2.83. The number of carbonyl (C=O) groups excluding carboxylic acids is 2. The summed E-state index contributed by atoms with van der Waals surface area (Å²) in [4.78, 5) is 24.2. The van der Waals surface area contributed by atoms with E-state index in [0.717, 1.165) is 11.1 Å². The number of ether oxygens (including phenoxy) is 2. The first kappa shape index (κ1) is 21.3. The van der Waals surface area contributed by atoms with E-state index in [1.807, 2.05) is 30.3 Å². The SMILES string of the molecule is COc1cc(/C=C(/C#N)c2ccccc2)ccc1OC(=O)CNC(=O)c1ccccc1. The van der Waals surface area contributed by atoms with Gasteiger partial charge in [0.1, 0.15) is 6.54 Å². The Bertz CT molecular complexity index is 1130. The second kappa shape index (κ2) is 10.4. The number of amides is 1.